The molecule has 1 heterocycles. The number of halogens is 1. The van der Waals surface area contributed by atoms with Crippen LogP contribution in [-0.4, -0.2) is 20.4 Å². The molecule has 0 bridgehead atoms. The lowest BCUT2D eigenvalue weighted by atomic mass is 10.1. The molecule has 1 aliphatic heterocycles. The lowest BCUT2D eigenvalue weighted by Crippen LogP contribution is -2.35. The molecular weight excluding hydrogens is 403 g/mol. The molecule has 0 saturated carbocycles. The number of carbonyl (C=O) groups excluding carboxylic acids is 1. The van der Waals surface area contributed by atoms with Crippen molar-refractivity contribution in [2.24, 2.45) is 0 Å². The van der Waals surface area contributed by atoms with Gasteiger partial charge in [-0.05, 0) is 60.9 Å². The fourth-order valence-corrected chi connectivity index (χ4v) is 4.74. The van der Waals surface area contributed by atoms with Crippen LogP contribution in [0.25, 0.3) is 0 Å². The van der Waals surface area contributed by atoms with Crippen molar-refractivity contribution in [3.63, 3.8) is 0 Å². The highest BCUT2D eigenvalue weighted by atomic mass is 32.2. The Labute approximate surface area is 175 Å². The molecule has 3 aromatic carbocycles. The second-order valence-electron chi connectivity index (χ2n) is 7.34. The van der Waals surface area contributed by atoms with Crippen molar-refractivity contribution >= 4 is 21.6 Å². The average molecular weight is 424 g/mol. The van der Waals surface area contributed by atoms with Crippen LogP contribution in [0.4, 0.5) is 10.1 Å². The summed E-state index contributed by atoms with van der Waals surface area (Å²) in [4.78, 5) is 14.7. The van der Waals surface area contributed by atoms with Gasteiger partial charge in [0.05, 0.1) is 4.90 Å². The van der Waals surface area contributed by atoms with E-state index in [9.17, 15) is 17.6 Å². The Hall–Kier alpha value is -3.03. The van der Waals surface area contributed by atoms with Crippen molar-refractivity contribution in [1.29, 1.82) is 0 Å². The first-order valence-electron chi connectivity index (χ1n) is 9.61. The molecule has 30 heavy (non-hydrogen) atoms. The maximum Gasteiger partial charge on any atom is 0.258 e. The van der Waals surface area contributed by atoms with Gasteiger partial charge in [0.15, 0.2) is 0 Å². The molecule has 0 saturated heterocycles. The van der Waals surface area contributed by atoms with Crippen LogP contribution < -0.4 is 9.62 Å². The Morgan fingerprint density at radius 1 is 1.07 bits per heavy atom. The van der Waals surface area contributed by atoms with Crippen molar-refractivity contribution < 1.29 is 17.6 Å². The van der Waals surface area contributed by atoms with E-state index in [0.29, 0.717) is 11.1 Å². The highest BCUT2D eigenvalue weighted by Crippen LogP contribution is 2.34. The smallest absolute Gasteiger partial charge is 0.258 e. The number of amides is 1. The van der Waals surface area contributed by atoms with Gasteiger partial charge in [0.1, 0.15) is 5.82 Å². The molecule has 154 valence electrons. The minimum Gasteiger partial charge on any atom is -0.305 e. The van der Waals surface area contributed by atoms with Crippen molar-refractivity contribution in [1.82, 2.24) is 4.72 Å². The molecule has 0 aliphatic carbocycles. The summed E-state index contributed by atoms with van der Waals surface area (Å²) in [5.41, 5.74) is 3.16. The van der Waals surface area contributed by atoms with Crippen molar-refractivity contribution in [3.8, 4) is 0 Å². The minimum atomic E-state index is -3.85. The quantitative estimate of drug-likeness (QED) is 0.676. The maximum atomic E-state index is 13.4. The molecule has 1 atom stereocenters. The zero-order valence-corrected chi connectivity index (χ0v) is 17.2. The molecule has 5 nitrogen and oxygen atoms in total. The maximum absolute atomic E-state index is 13.4. The van der Waals surface area contributed by atoms with Gasteiger partial charge in [-0.2, -0.15) is 0 Å². The van der Waals surface area contributed by atoms with Gasteiger partial charge in [0, 0.05) is 23.8 Å². The molecule has 0 radical (unpaired) electrons. The summed E-state index contributed by atoms with van der Waals surface area (Å²) in [7, 11) is -3.85. The van der Waals surface area contributed by atoms with E-state index in [4.69, 9.17) is 0 Å². The number of rotatable bonds is 5. The van der Waals surface area contributed by atoms with Crippen LogP contribution in [-0.2, 0) is 23.0 Å². The van der Waals surface area contributed by atoms with E-state index in [-0.39, 0.29) is 23.4 Å². The van der Waals surface area contributed by atoms with E-state index in [1.165, 1.54) is 18.2 Å². The number of hydrogen-bond acceptors (Lipinski definition) is 3. The van der Waals surface area contributed by atoms with Gasteiger partial charge in [-0.15, -0.1) is 0 Å². The van der Waals surface area contributed by atoms with E-state index < -0.39 is 15.8 Å². The van der Waals surface area contributed by atoms with E-state index >= 15 is 0 Å². The van der Waals surface area contributed by atoms with Gasteiger partial charge in [0.25, 0.3) is 5.91 Å². The SMILES string of the molecule is C[C@@H]1Cc2ccc(CNS(=O)(=O)c3cccc(F)c3)cc2N1C(=O)c1ccccc1. The van der Waals surface area contributed by atoms with Crippen LogP contribution in [0.2, 0.25) is 0 Å². The minimum absolute atomic E-state index is 0.00643. The van der Waals surface area contributed by atoms with Gasteiger partial charge >= 0.3 is 0 Å². The lowest BCUT2D eigenvalue weighted by molar-refractivity contribution is 0.0981. The summed E-state index contributed by atoms with van der Waals surface area (Å²) < 4.78 is 40.8. The molecule has 1 amide bonds. The third-order valence-electron chi connectivity index (χ3n) is 5.18. The molecule has 1 N–H and O–H groups in total. The van der Waals surface area contributed by atoms with E-state index in [1.54, 1.807) is 17.0 Å². The Morgan fingerprint density at radius 2 is 1.83 bits per heavy atom. The van der Waals surface area contributed by atoms with Crippen LogP contribution >= 0.6 is 0 Å². The predicted molar refractivity (Wildman–Crippen MR) is 113 cm³/mol. The normalized spacial score (nSPS) is 15.8. The molecule has 4 rings (SSSR count). The Kier molecular flexibility index (Phi) is 5.40. The number of nitrogens with zero attached hydrogens (tertiary/aromatic N) is 1. The first-order valence-corrected chi connectivity index (χ1v) is 11.1. The van der Waals surface area contributed by atoms with Crippen LogP contribution in [0.5, 0.6) is 0 Å². The first-order chi connectivity index (χ1) is 14.3. The highest BCUT2D eigenvalue weighted by Gasteiger charge is 2.31. The van der Waals surface area contributed by atoms with Gasteiger partial charge < -0.3 is 4.90 Å². The number of sulfonamides is 1. The standard InChI is InChI=1S/C23H21FN2O3S/c1-16-12-19-11-10-17(15-25-30(28,29)21-9-5-8-20(24)14-21)13-22(19)26(16)23(27)18-6-3-2-4-7-18/h2-11,13-14,16,25H,12,15H2,1H3/t16-/m1/s1. The summed E-state index contributed by atoms with van der Waals surface area (Å²) in [6, 6.07) is 19.6. The van der Waals surface area contributed by atoms with E-state index in [0.717, 1.165) is 23.7 Å². The Morgan fingerprint density at radius 3 is 2.57 bits per heavy atom. The van der Waals surface area contributed by atoms with Crippen molar-refractivity contribution in [2.45, 2.75) is 30.8 Å². The number of fused-ring (bicyclic) bond motifs is 1. The summed E-state index contributed by atoms with van der Waals surface area (Å²) in [5, 5.41) is 0. The molecule has 3 aromatic rings. The average Bonchev–Trinajstić information content (AvgIpc) is 3.07. The molecule has 0 aromatic heterocycles. The van der Waals surface area contributed by atoms with Gasteiger partial charge in [-0.3, -0.25) is 4.79 Å². The highest BCUT2D eigenvalue weighted by molar-refractivity contribution is 7.89. The number of hydrogen-bond donors (Lipinski definition) is 1. The lowest BCUT2D eigenvalue weighted by Gasteiger charge is -2.23. The van der Waals surface area contributed by atoms with Crippen molar-refractivity contribution in [2.75, 3.05) is 4.90 Å². The largest absolute Gasteiger partial charge is 0.305 e. The summed E-state index contributed by atoms with van der Waals surface area (Å²) in [6.45, 7) is 2.03. The van der Waals surface area contributed by atoms with E-state index in [2.05, 4.69) is 4.72 Å². The van der Waals surface area contributed by atoms with Gasteiger partial charge in [-0.1, -0.05) is 36.4 Å². The van der Waals surface area contributed by atoms with Crippen LogP contribution in [0.1, 0.15) is 28.4 Å². The molecule has 0 fully saturated rings. The monoisotopic (exact) mass is 424 g/mol. The zero-order chi connectivity index (χ0) is 21.3. The third-order valence-corrected chi connectivity index (χ3v) is 6.58. The summed E-state index contributed by atoms with van der Waals surface area (Å²) in [6.07, 6.45) is 0.739. The molecule has 1 aliphatic rings. The second-order valence-corrected chi connectivity index (χ2v) is 9.11. The summed E-state index contributed by atoms with van der Waals surface area (Å²) >= 11 is 0. The van der Waals surface area contributed by atoms with Gasteiger partial charge in [-0.25, -0.2) is 17.5 Å². The zero-order valence-electron chi connectivity index (χ0n) is 16.4. The fourth-order valence-electron chi connectivity index (χ4n) is 3.69. The molecule has 7 heteroatoms. The second kappa shape index (κ2) is 8.01. The number of carbonyl (C=O) groups is 1. The van der Waals surface area contributed by atoms with Crippen molar-refractivity contribution in [3.05, 3.63) is 95.3 Å². The summed E-state index contributed by atoms with van der Waals surface area (Å²) in [5.74, 6) is -0.696. The van der Waals surface area contributed by atoms with E-state index in [1.807, 2.05) is 43.3 Å². The van der Waals surface area contributed by atoms with Crippen LogP contribution in [0, 0.1) is 5.82 Å². The Bertz CT molecular complexity index is 1200. The predicted octanol–water partition coefficient (Wildman–Crippen LogP) is 3.90. The number of nitrogens with one attached hydrogen (secondary N) is 1. The molecular formula is C23H21FN2O3S. The Balaban J connectivity index is 1.57. The third kappa shape index (κ3) is 3.99. The van der Waals surface area contributed by atoms with Crippen LogP contribution in [0.15, 0.2) is 77.7 Å². The molecule has 0 spiro atoms. The molecule has 0 unspecified atom stereocenters. The number of anilines is 1. The fraction of sp³-hybridized carbons (Fsp3) is 0.174. The van der Waals surface area contributed by atoms with Gasteiger partial charge in [0.2, 0.25) is 10.0 Å². The van der Waals surface area contributed by atoms with Crippen LogP contribution in [0.3, 0.4) is 0 Å². The first kappa shape index (κ1) is 20.3. The number of benzene rings is 3. The topological polar surface area (TPSA) is 66.5 Å².